The third-order valence-corrected chi connectivity index (χ3v) is 2.63. The molecule has 0 aromatic heterocycles. The van der Waals surface area contributed by atoms with Crippen LogP contribution < -0.4 is 5.32 Å². The number of nitrogens with one attached hydrogen (secondary N) is 1. The van der Waals surface area contributed by atoms with Crippen LogP contribution in [-0.2, 0) is 6.54 Å². The van der Waals surface area contributed by atoms with Crippen molar-refractivity contribution in [3.8, 4) is 0 Å². The highest BCUT2D eigenvalue weighted by atomic mass is 35.5. The Morgan fingerprint density at radius 1 is 1.20 bits per heavy atom. The molecule has 0 aliphatic heterocycles. The van der Waals surface area contributed by atoms with Crippen molar-refractivity contribution in [2.24, 2.45) is 0 Å². The second-order valence-electron chi connectivity index (χ2n) is 4.28. The maximum absolute atomic E-state index is 5.94. The van der Waals surface area contributed by atoms with Crippen LogP contribution in [0.2, 0.25) is 0 Å². The summed E-state index contributed by atoms with van der Waals surface area (Å²) in [5, 5.41) is 3.71. The minimum absolute atomic E-state index is 0.241. The maximum Gasteiger partial charge on any atom is 0.0322 e. The lowest BCUT2D eigenvalue weighted by Crippen LogP contribution is -2.27. The topological polar surface area (TPSA) is 12.0 Å². The van der Waals surface area contributed by atoms with Gasteiger partial charge in [-0.15, -0.1) is 11.6 Å². The van der Waals surface area contributed by atoms with Crippen molar-refractivity contribution in [2.45, 2.75) is 45.2 Å². The summed E-state index contributed by atoms with van der Waals surface area (Å²) in [6.45, 7) is 7.23. The summed E-state index contributed by atoms with van der Waals surface area (Å²) in [6, 6.07) is 9.09. The van der Waals surface area contributed by atoms with Crippen molar-refractivity contribution in [1.29, 1.82) is 0 Å². The minimum Gasteiger partial charge on any atom is -0.310 e. The number of benzene rings is 1. The second kappa shape index (κ2) is 6.14. The van der Waals surface area contributed by atoms with Gasteiger partial charge in [0.15, 0.2) is 0 Å². The van der Waals surface area contributed by atoms with Crippen LogP contribution in [0.3, 0.4) is 0 Å². The molecule has 0 amide bonds. The molecule has 0 bridgehead atoms. The van der Waals surface area contributed by atoms with Gasteiger partial charge in [-0.3, -0.25) is 0 Å². The lowest BCUT2D eigenvalue weighted by atomic mass is 10.1. The van der Waals surface area contributed by atoms with Gasteiger partial charge in [-0.1, -0.05) is 29.8 Å². The second-order valence-corrected chi connectivity index (χ2v) is 5.03. The normalized spacial score (nSPS) is 14.9. The molecule has 1 N–H and O–H groups in total. The fraction of sp³-hybridized carbons (Fsp3) is 0.538. The number of alkyl halides is 1. The lowest BCUT2D eigenvalue weighted by molar-refractivity contribution is 0.511. The Balaban J connectivity index is 2.33. The van der Waals surface area contributed by atoms with Gasteiger partial charge in [0.05, 0.1) is 0 Å². The standard InChI is InChI=1S/C13H20ClN/c1-10-4-6-13(7-5-10)9-15-12(3)8-11(2)14/h4-7,11-12,15H,8-9H2,1-3H3. The van der Waals surface area contributed by atoms with Crippen molar-refractivity contribution < 1.29 is 0 Å². The van der Waals surface area contributed by atoms with Gasteiger partial charge in [-0.2, -0.15) is 0 Å². The molecular weight excluding hydrogens is 206 g/mol. The summed E-state index contributed by atoms with van der Waals surface area (Å²) in [5.41, 5.74) is 2.64. The van der Waals surface area contributed by atoms with Gasteiger partial charge in [0, 0.05) is 18.0 Å². The Hall–Kier alpha value is -0.530. The number of aryl methyl sites for hydroxylation is 1. The molecule has 0 spiro atoms. The first kappa shape index (κ1) is 12.5. The Labute approximate surface area is 97.8 Å². The number of hydrogen-bond acceptors (Lipinski definition) is 1. The molecule has 84 valence electrons. The van der Waals surface area contributed by atoms with Crippen molar-refractivity contribution in [2.75, 3.05) is 0 Å². The Kier molecular flexibility index (Phi) is 5.13. The minimum atomic E-state index is 0.241. The molecule has 2 atom stereocenters. The van der Waals surface area contributed by atoms with Crippen LogP contribution >= 0.6 is 11.6 Å². The summed E-state index contributed by atoms with van der Waals surface area (Å²) in [4.78, 5) is 0. The number of rotatable bonds is 5. The third-order valence-electron chi connectivity index (χ3n) is 2.45. The van der Waals surface area contributed by atoms with Crippen molar-refractivity contribution in [1.82, 2.24) is 5.32 Å². The summed E-state index contributed by atoms with van der Waals surface area (Å²) in [6.07, 6.45) is 1.01. The molecule has 0 saturated carbocycles. The van der Waals surface area contributed by atoms with E-state index in [2.05, 4.69) is 43.4 Å². The first-order chi connectivity index (χ1) is 7.08. The lowest BCUT2D eigenvalue weighted by Gasteiger charge is -2.14. The van der Waals surface area contributed by atoms with Crippen LogP contribution in [-0.4, -0.2) is 11.4 Å². The van der Waals surface area contributed by atoms with Crippen LogP contribution in [0.4, 0.5) is 0 Å². The molecule has 2 heteroatoms. The smallest absolute Gasteiger partial charge is 0.0322 e. The molecule has 0 heterocycles. The van der Waals surface area contributed by atoms with E-state index in [0.29, 0.717) is 6.04 Å². The van der Waals surface area contributed by atoms with Crippen LogP contribution in [0.15, 0.2) is 24.3 Å². The van der Waals surface area contributed by atoms with E-state index in [-0.39, 0.29) is 5.38 Å². The fourth-order valence-corrected chi connectivity index (χ4v) is 1.84. The van der Waals surface area contributed by atoms with Gasteiger partial charge in [-0.25, -0.2) is 0 Å². The molecule has 0 aliphatic carbocycles. The SMILES string of the molecule is Cc1ccc(CNC(C)CC(C)Cl)cc1. The van der Waals surface area contributed by atoms with Gasteiger partial charge in [0.1, 0.15) is 0 Å². The molecule has 0 saturated heterocycles. The predicted octanol–water partition coefficient (Wildman–Crippen LogP) is 3.49. The van der Waals surface area contributed by atoms with Crippen LogP contribution in [0.1, 0.15) is 31.4 Å². The molecule has 2 unspecified atom stereocenters. The number of hydrogen-bond donors (Lipinski definition) is 1. The maximum atomic E-state index is 5.94. The molecular formula is C13H20ClN. The zero-order valence-electron chi connectivity index (χ0n) is 9.76. The van der Waals surface area contributed by atoms with E-state index >= 15 is 0 Å². The van der Waals surface area contributed by atoms with Crippen LogP contribution in [0.5, 0.6) is 0 Å². The monoisotopic (exact) mass is 225 g/mol. The highest BCUT2D eigenvalue weighted by Crippen LogP contribution is 2.06. The van der Waals surface area contributed by atoms with Crippen molar-refractivity contribution >= 4 is 11.6 Å². The Morgan fingerprint density at radius 2 is 1.80 bits per heavy atom. The Morgan fingerprint density at radius 3 is 2.33 bits per heavy atom. The van der Waals surface area contributed by atoms with E-state index in [0.717, 1.165) is 13.0 Å². The van der Waals surface area contributed by atoms with E-state index < -0.39 is 0 Å². The molecule has 1 aromatic carbocycles. The zero-order valence-corrected chi connectivity index (χ0v) is 10.5. The molecule has 1 nitrogen and oxygen atoms in total. The molecule has 1 rings (SSSR count). The van der Waals surface area contributed by atoms with Crippen LogP contribution in [0.25, 0.3) is 0 Å². The van der Waals surface area contributed by atoms with E-state index in [1.807, 2.05) is 6.92 Å². The fourth-order valence-electron chi connectivity index (χ4n) is 1.57. The average molecular weight is 226 g/mol. The molecule has 0 fully saturated rings. The number of halogens is 1. The zero-order chi connectivity index (χ0) is 11.3. The van der Waals surface area contributed by atoms with Crippen molar-refractivity contribution in [3.05, 3.63) is 35.4 Å². The Bertz CT molecular complexity index is 279. The van der Waals surface area contributed by atoms with Gasteiger partial charge in [0.25, 0.3) is 0 Å². The molecule has 1 aromatic rings. The summed E-state index contributed by atoms with van der Waals surface area (Å²) < 4.78 is 0. The quantitative estimate of drug-likeness (QED) is 0.757. The van der Waals surface area contributed by atoms with Crippen molar-refractivity contribution in [3.63, 3.8) is 0 Å². The van der Waals surface area contributed by atoms with E-state index in [1.54, 1.807) is 0 Å². The molecule has 15 heavy (non-hydrogen) atoms. The van der Waals surface area contributed by atoms with Gasteiger partial charge >= 0.3 is 0 Å². The average Bonchev–Trinajstić information content (AvgIpc) is 2.16. The summed E-state index contributed by atoms with van der Waals surface area (Å²) >= 11 is 5.94. The summed E-state index contributed by atoms with van der Waals surface area (Å²) in [5.74, 6) is 0. The molecule has 0 radical (unpaired) electrons. The first-order valence-corrected chi connectivity index (χ1v) is 5.94. The first-order valence-electron chi connectivity index (χ1n) is 5.51. The highest BCUT2D eigenvalue weighted by Gasteiger charge is 2.05. The van der Waals surface area contributed by atoms with E-state index in [9.17, 15) is 0 Å². The highest BCUT2D eigenvalue weighted by molar-refractivity contribution is 6.20. The van der Waals surface area contributed by atoms with E-state index in [1.165, 1.54) is 11.1 Å². The van der Waals surface area contributed by atoms with Crippen LogP contribution in [0, 0.1) is 6.92 Å². The van der Waals surface area contributed by atoms with Gasteiger partial charge in [-0.05, 0) is 32.8 Å². The predicted molar refractivity (Wildman–Crippen MR) is 67.4 cm³/mol. The largest absolute Gasteiger partial charge is 0.310 e. The van der Waals surface area contributed by atoms with Gasteiger partial charge < -0.3 is 5.32 Å². The molecule has 0 aliphatic rings. The third kappa shape index (κ3) is 5.19. The van der Waals surface area contributed by atoms with E-state index in [4.69, 9.17) is 11.6 Å². The van der Waals surface area contributed by atoms with Gasteiger partial charge in [0.2, 0.25) is 0 Å². The summed E-state index contributed by atoms with van der Waals surface area (Å²) in [7, 11) is 0.